The summed E-state index contributed by atoms with van der Waals surface area (Å²) in [4.78, 5) is 0. The molecule has 2 unspecified atom stereocenters. The molecule has 1 aromatic carbocycles. The average molecular weight is 207 g/mol. The molecule has 0 spiro atoms. The van der Waals surface area contributed by atoms with Gasteiger partial charge in [0, 0.05) is 5.56 Å². The largest absolute Gasteiger partial charge is 0.497 e. The number of methoxy groups -OCH3 is 1. The summed E-state index contributed by atoms with van der Waals surface area (Å²) in [6, 6.07) is 6.23. The van der Waals surface area contributed by atoms with Crippen molar-refractivity contribution >= 4 is 0 Å². The number of nitrogens with one attached hydrogen (secondary N) is 1. The lowest BCUT2D eigenvalue weighted by Gasteiger charge is -2.15. The zero-order valence-electron chi connectivity index (χ0n) is 9.41. The molecule has 0 radical (unpaired) electrons. The van der Waals surface area contributed by atoms with Gasteiger partial charge in [-0.05, 0) is 31.7 Å². The van der Waals surface area contributed by atoms with Crippen LogP contribution in [-0.2, 0) is 0 Å². The predicted molar refractivity (Wildman–Crippen MR) is 59.5 cm³/mol. The second-order valence-corrected chi connectivity index (χ2v) is 3.76. The quantitative estimate of drug-likeness (QED) is 0.823. The number of hydrogen-bond acceptors (Lipinski definition) is 3. The molecule has 0 aromatic heterocycles. The van der Waals surface area contributed by atoms with Crippen molar-refractivity contribution in [2.75, 3.05) is 13.7 Å². The molecule has 3 heteroatoms. The Morgan fingerprint density at radius 2 is 2.27 bits per heavy atom. The molecule has 2 rings (SSSR count). The van der Waals surface area contributed by atoms with E-state index in [1.54, 1.807) is 7.11 Å². The van der Waals surface area contributed by atoms with Gasteiger partial charge in [0.2, 0.25) is 0 Å². The summed E-state index contributed by atoms with van der Waals surface area (Å²) in [6.45, 7) is 5.12. The Morgan fingerprint density at radius 3 is 2.93 bits per heavy atom. The van der Waals surface area contributed by atoms with Crippen molar-refractivity contribution in [3.63, 3.8) is 0 Å². The highest BCUT2D eigenvalue weighted by Crippen LogP contribution is 2.38. The van der Waals surface area contributed by atoms with E-state index in [1.807, 2.05) is 18.2 Å². The smallest absolute Gasteiger partial charge is 0.125 e. The topological polar surface area (TPSA) is 30.5 Å². The van der Waals surface area contributed by atoms with Crippen LogP contribution in [0.4, 0.5) is 0 Å². The summed E-state index contributed by atoms with van der Waals surface area (Å²) in [6.07, 6.45) is 0.187. The Bertz CT molecular complexity index is 351. The minimum absolute atomic E-state index is 0.187. The van der Waals surface area contributed by atoms with Crippen molar-refractivity contribution in [1.29, 1.82) is 0 Å². The van der Waals surface area contributed by atoms with Crippen LogP contribution in [0, 0.1) is 0 Å². The SMILES string of the molecule is CCNC1c2cc(OC)ccc2OC1C. The molecule has 0 saturated heterocycles. The van der Waals surface area contributed by atoms with E-state index >= 15 is 0 Å². The van der Waals surface area contributed by atoms with Gasteiger partial charge in [-0.3, -0.25) is 0 Å². The molecule has 82 valence electrons. The minimum Gasteiger partial charge on any atom is -0.497 e. The third-order valence-corrected chi connectivity index (χ3v) is 2.76. The Hall–Kier alpha value is -1.22. The molecule has 0 aliphatic carbocycles. The average Bonchev–Trinajstić information content (AvgIpc) is 2.55. The van der Waals surface area contributed by atoms with Gasteiger partial charge in [0.05, 0.1) is 13.2 Å². The molecule has 1 aliphatic rings. The van der Waals surface area contributed by atoms with E-state index in [4.69, 9.17) is 9.47 Å². The molecule has 0 fully saturated rings. The van der Waals surface area contributed by atoms with Gasteiger partial charge in [-0.25, -0.2) is 0 Å². The predicted octanol–water partition coefficient (Wildman–Crippen LogP) is 2.13. The minimum atomic E-state index is 0.187. The van der Waals surface area contributed by atoms with E-state index < -0.39 is 0 Å². The molecule has 0 bridgehead atoms. The molecule has 1 N–H and O–H groups in total. The molecule has 1 aromatic rings. The first-order valence-corrected chi connectivity index (χ1v) is 5.34. The lowest BCUT2D eigenvalue weighted by Crippen LogP contribution is -2.28. The molecule has 15 heavy (non-hydrogen) atoms. The number of ether oxygens (including phenoxy) is 2. The van der Waals surface area contributed by atoms with Crippen LogP contribution in [0.25, 0.3) is 0 Å². The van der Waals surface area contributed by atoms with Crippen molar-refractivity contribution in [2.45, 2.75) is 26.0 Å². The number of likely N-dealkylation sites (N-methyl/N-ethyl adjacent to an activating group) is 1. The van der Waals surface area contributed by atoms with Crippen LogP contribution in [0.3, 0.4) is 0 Å². The van der Waals surface area contributed by atoms with Gasteiger partial charge in [0.1, 0.15) is 17.6 Å². The summed E-state index contributed by atoms with van der Waals surface area (Å²) < 4.78 is 11.0. The van der Waals surface area contributed by atoms with Crippen LogP contribution in [0.2, 0.25) is 0 Å². The number of benzene rings is 1. The maximum Gasteiger partial charge on any atom is 0.125 e. The Labute approximate surface area is 90.4 Å². The van der Waals surface area contributed by atoms with Crippen LogP contribution >= 0.6 is 0 Å². The van der Waals surface area contributed by atoms with Crippen molar-refractivity contribution in [3.05, 3.63) is 23.8 Å². The van der Waals surface area contributed by atoms with Gasteiger partial charge in [0.15, 0.2) is 0 Å². The summed E-state index contributed by atoms with van der Waals surface area (Å²) in [5.41, 5.74) is 1.20. The van der Waals surface area contributed by atoms with Crippen LogP contribution in [0.1, 0.15) is 25.5 Å². The zero-order chi connectivity index (χ0) is 10.8. The van der Waals surface area contributed by atoms with Gasteiger partial charge in [-0.15, -0.1) is 0 Å². The van der Waals surface area contributed by atoms with Gasteiger partial charge in [-0.2, -0.15) is 0 Å². The standard InChI is InChI=1S/C12H17NO2/c1-4-13-12-8(2)15-11-6-5-9(14-3)7-10(11)12/h5-8,12-13H,4H2,1-3H3. The highest BCUT2D eigenvalue weighted by Gasteiger charge is 2.30. The van der Waals surface area contributed by atoms with Crippen LogP contribution in [-0.4, -0.2) is 19.8 Å². The molecule has 0 saturated carbocycles. The third-order valence-electron chi connectivity index (χ3n) is 2.76. The van der Waals surface area contributed by atoms with Crippen LogP contribution in [0.5, 0.6) is 11.5 Å². The third kappa shape index (κ3) is 1.79. The number of hydrogen-bond donors (Lipinski definition) is 1. The maximum absolute atomic E-state index is 5.75. The summed E-state index contributed by atoms with van der Waals surface area (Å²) in [5, 5.41) is 3.42. The Kier molecular flexibility index (Phi) is 2.82. The number of fused-ring (bicyclic) bond motifs is 1. The first-order valence-electron chi connectivity index (χ1n) is 5.34. The lowest BCUT2D eigenvalue weighted by molar-refractivity contribution is 0.211. The monoisotopic (exact) mass is 207 g/mol. The molecule has 0 amide bonds. The Balaban J connectivity index is 2.32. The first kappa shape index (κ1) is 10.3. The highest BCUT2D eigenvalue weighted by atomic mass is 16.5. The normalized spacial score (nSPS) is 23.4. The van der Waals surface area contributed by atoms with Crippen molar-refractivity contribution in [2.24, 2.45) is 0 Å². The fourth-order valence-corrected chi connectivity index (χ4v) is 2.02. The van der Waals surface area contributed by atoms with E-state index in [-0.39, 0.29) is 12.1 Å². The highest BCUT2D eigenvalue weighted by molar-refractivity contribution is 5.45. The van der Waals surface area contributed by atoms with Gasteiger partial charge in [0.25, 0.3) is 0 Å². The van der Waals surface area contributed by atoms with Crippen LogP contribution < -0.4 is 14.8 Å². The summed E-state index contributed by atoms with van der Waals surface area (Å²) >= 11 is 0. The molecule has 1 aliphatic heterocycles. The first-order chi connectivity index (χ1) is 7.26. The maximum atomic E-state index is 5.75. The molecular formula is C12H17NO2. The van der Waals surface area contributed by atoms with E-state index in [0.717, 1.165) is 18.0 Å². The van der Waals surface area contributed by atoms with E-state index in [0.29, 0.717) is 0 Å². The van der Waals surface area contributed by atoms with Crippen LogP contribution in [0.15, 0.2) is 18.2 Å². The van der Waals surface area contributed by atoms with Gasteiger partial charge < -0.3 is 14.8 Å². The summed E-state index contributed by atoms with van der Waals surface area (Å²) in [7, 11) is 1.68. The second kappa shape index (κ2) is 4.11. The zero-order valence-corrected chi connectivity index (χ0v) is 9.41. The molecule has 2 atom stereocenters. The lowest BCUT2D eigenvalue weighted by atomic mass is 10.0. The second-order valence-electron chi connectivity index (χ2n) is 3.76. The van der Waals surface area contributed by atoms with Gasteiger partial charge in [-0.1, -0.05) is 6.92 Å². The van der Waals surface area contributed by atoms with Gasteiger partial charge >= 0.3 is 0 Å². The Morgan fingerprint density at radius 1 is 1.47 bits per heavy atom. The molecule has 3 nitrogen and oxygen atoms in total. The molecular weight excluding hydrogens is 190 g/mol. The van der Waals surface area contributed by atoms with Crippen molar-refractivity contribution < 1.29 is 9.47 Å². The van der Waals surface area contributed by atoms with Crippen molar-refractivity contribution in [3.8, 4) is 11.5 Å². The van der Waals surface area contributed by atoms with E-state index in [9.17, 15) is 0 Å². The van der Waals surface area contributed by atoms with Crippen molar-refractivity contribution in [1.82, 2.24) is 5.32 Å². The number of rotatable bonds is 3. The fraction of sp³-hybridized carbons (Fsp3) is 0.500. The summed E-state index contributed by atoms with van der Waals surface area (Å²) in [5.74, 6) is 1.85. The van der Waals surface area contributed by atoms with E-state index in [2.05, 4.69) is 19.2 Å². The fourth-order valence-electron chi connectivity index (χ4n) is 2.02. The molecule has 1 heterocycles. The van der Waals surface area contributed by atoms with E-state index in [1.165, 1.54) is 5.56 Å².